The molecule has 2 aliphatic heterocycles. The first-order valence-corrected chi connectivity index (χ1v) is 15.2. The van der Waals surface area contributed by atoms with Crippen LogP contribution in [0.1, 0.15) is 62.1 Å². The SMILES string of the molecule is CN1C/C=C/C[C@H](O)[C@@H]2CCC2(C)CN2CCCCc3cc(Cl)ccc3COc3ccc(cc32)[C@@](O)(C(=O)O)CC1=O. The van der Waals surface area contributed by atoms with Crippen molar-refractivity contribution in [3.63, 3.8) is 0 Å². The van der Waals surface area contributed by atoms with Crippen molar-refractivity contribution in [1.29, 1.82) is 0 Å². The topological polar surface area (TPSA) is 111 Å². The zero-order valence-electron chi connectivity index (χ0n) is 24.4. The zero-order chi connectivity index (χ0) is 30.1. The molecule has 0 spiro atoms. The molecule has 2 aromatic carbocycles. The quantitative estimate of drug-likeness (QED) is 0.401. The molecule has 2 heterocycles. The number of rotatable bonds is 1. The lowest BCUT2D eigenvalue weighted by molar-refractivity contribution is -0.164. The summed E-state index contributed by atoms with van der Waals surface area (Å²) in [5, 5.41) is 33.6. The Morgan fingerprint density at radius 1 is 1.12 bits per heavy atom. The van der Waals surface area contributed by atoms with E-state index in [0.29, 0.717) is 42.6 Å². The van der Waals surface area contributed by atoms with E-state index >= 15 is 0 Å². The number of halogens is 1. The van der Waals surface area contributed by atoms with E-state index in [0.717, 1.165) is 43.2 Å². The molecule has 1 amide bonds. The number of ether oxygens (including phenoxy) is 1. The predicted molar refractivity (Wildman–Crippen MR) is 162 cm³/mol. The van der Waals surface area contributed by atoms with Crippen molar-refractivity contribution in [2.24, 2.45) is 11.3 Å². The summed E-state index contributed by atoms with van der Waals surface area (Å²) in [6, 6.07) is 10.7. The van der Waals surface area contributed by atoms with Crippen molar-refractivity contribution in [2.75, 3.05) is 31.6 Å². The smallest absolute Gasteiger partial charge is 0.340 e. The molecule has 4 atom stereocenters. The third kappa shape index (κ3) is 6.17. The van der Waals surface area contributed by atoms with Crippen molar-refractivity contribution in [3.05, 3.63) is 70.3 Å². The van der Waals surface area contributed by atoms with Gasteiger partial charge in [-0.15, -0.1) is 0 Å². The Hall–Kier alpha value is -3.07. The highest BCUT2D eigenvalue weighted by molar-refractivity contribution is 6.30. The Balaban J connectivity index is 1.61. The highest BCUT2D eigenvalue weighted by atomic mass is 35.5. The van der Waals surface area contributed by atoms with Crippen LogP contribution in [0.3, 0.4) is 0 Å². The fraction of sp³-hybridized carbons (Fsp3) is 0.515. The normalized spacial score (nSPS) is 29.7. The number of aliphatic carboxylic acids is 1. The number of amides is 1. The summed E-state index contributed by atoms with van der Waals surface area (Å²) < 4.78 is 6.40. The summed E-state index contributed by atoms with van der Waals surface area (Å²) in [6.45, 7) is 4.10. The first-order chi connectivity index (χ1) is 20.0. The number of hydrogen-bond acceptors (Lipinski definition) is 6. The summed E-state index contributed by atoms with van der Waals surface area (Å²) in [4.78, 5) is 29.2. The van der Waals surface area contributed by atoms with Crippen LogP contribution in [-0.2, 0) is 28.2 Å². The number of carboxylic acid groups (broad SMARTS) is 1. The van der Waals surface area contributed by atoms with E-state index in [1.165, 1.54) is 4.90 Å². The maximum Gasteiger partial charge on any atom is 0.340 e. The second kappa shape index (κ2) is 12.3. The van der Waals surface area contributed by atoms with E-state index in [9.17, 15) is 24.9 Å². The predicted octanol–water partition coefficient (Wildman–Crippen LogP) is 4.92. The summed E-state index contributed by atoms with van der Waals surface area (Å²) >= 11 is 6.31. The van der Waals surface area contributed by atoms with E-state index in [4.69, 9.17) is 16.3 Å². The Morgan fingerprint density at radius 3 is 2.67 bits per heavy atom. The maximum absolute atomic E-state index is 13.1. The number of aliphatic hydroxyl groups is 2. The molecule has 226 valence electrons. The third-order valence-corrected chi connectivity index (χ3v) is 9.74. The largest absolute Gasteiger partial charge is 0.487 e. The summed E-state index contributed by atoms with van der Waals surface area (Å²) in [7, 11) is 1.58. The fourth-order valence-electron chi connectivity index (χ4n) is 6.65. The second-order valence-corrected chi connectivity index (χ2v) is 12.9. The molecule has 3 aliphatic rings. The number of nitrogens with zero attached hydrogens (tertiary/aromatic N) is 2. The Morgan fingerprint density at radius 2 is 1.93 bits per heavy atom. The van der Waals surface area contributed by atoms with E-state index in [1.807, 2.05) is 30.4 Å². The molecule has 8 nitrogen and oxygen atoms in total. The first-order valence-electron chi connectivity index (χ1n) is 14.8. The average Bonchev–Trinajstić information content (AvgIpc) is 2.97. The van der Waals surface area contributed by atoms with Gasteiger partial charge in [-0.1, -0.05) is 42.8 Å². The van der Waals surface area contributed by atoms with Gasteiger partial charge in [-0.3, -0.25) is 4.79 Å². The molecule has 5 rings (SSSR count). The first kappa shape index (κ1) is 30.4. The maximum atomic E-state index is 13.1. The summed E-state index contributed by atoms with van der Waals surface area (Å²) in [5.74, 6) is -1.31. The molecule has 0 aromatic heterocycles. The standard InChI is InChI=1S/C33H41ClN2O6/c1-32-14-13-26(32)28(37)8-4-5-15-35(2)30(38)19-33(41,31(39)40)24-10-12-29-27(18-24)36(21-32)16-6-3-7-22-17-25(34)11-9-23(22)20-42-29/h4-5,9-12,17-18,26,28,37,41H,3,6-8,13-16,19-21H2,1-2H3,(H,39,40)/b5-4+/t26-,28-,32?,33+/m0/s1. The van der Waals surface area contributed by atoms with Crippen molar-refractivity contribution in [1.82, 2.24) is 4.90 Å². The van der Waals surface area contributed by atoms with E-state index < -0.39 is 30.0 Å². The van der Waals surface area contributed by atoms with Gasteiger partial charge in [0.05, 0.1) is 18.2 Å². The number of benzene rings is 2. The second-order valence-electron chi connectivity index (χ2n) is 12.5. The van der Waals surface area contributed by atoms with E-state index in [1.54, 1.807) is 25.2 Å². The van der Waals surface area contributed by atoms with Crippen molar-refractivity contribution in [2.45, 2.75) is 70.2 Å². The van der Waals surface area contributed by atoms with Crippen LogP contribution in [0.2, 0.25) is 5.02 Å². The number of likely N-dealkylation sites (N-methyl/N-ethyl adjacent to an activating group) is 1. The van der Waals surface area contributed by atoms with E-state index in [-0.39, 0.29) is 23.4 Å². The lowest BCUT2D eigenvalue weighted by Gasteiger charge is -2.52. The molecule has 0 saturated heterocycles. The molecular formula is C33H41ClN2O6. The monoisotopic (exact) mass is 596 g/mol. The Labute approximate surface area is 252 Å². The van der Waals surface area contributed by atoms with Crippen molar-refractivity contribution < 1.29 is 29.6 Å². The van der Waals surface area contributed by atoms with Crippen LogP contribution in [0, 0.1) is 11.3 Å². The number of aryl methyl sites for hydroxylation is 1. The summed E-state index contributed by atoms with van der Waals surface area (Å²) in [5.41, 5.74) is 0.411. The van der Waals surface area contributed by atoms with Crippen molar-refractivity contribution in [3.8, 4) is 5.75 Å². The number of fused-ring (bicyclic) bond motifs is 3. The molecule has 1 unspecified atom stereocenters. The van der Waals surface area contributed by atoms with Gasteiger partial charge in [0.15, 0.2) is 5.60 Å². The molecule has 9 heteroatoms. The molecular weight excluding hydrogens is 556 g/mol. The molecule has 1 saturated carbocycles. The molecule has 2 aromatic rings. The molecule has 1 aliphatic carbocycles. The minimum Gasteiger partial charge on any atom is -0.487 e. The Bertz CT molecular complexity index is 1360. The zero-order valence-corrected chi connectivity index (χ0v) is 25.1. The molecule has 3 N–H and O–H groups in total. The van der Waals surface area contributed by atoms with Gasteiger partial charge in [-0.25, -0.2) is 4.79 Å². The molecule has 2 bridgehead atoms. The molecule has 0 radical (unpaired) electrons. The number of aliphatic hydroxyl groups excluding tert-OH is 1. The van der Waals surface area contributed by atoms with Crippen LogP contribution in [-0.4, -0.2) is 64.9 Å². The minimum atomic E-state index is -2.42. The average molecular weight is 597 g/mol. The van der Waals surface area contributed by atoms with Crippen LogP contribution < -0.4 is 9.64 Å². The number of hydrogen-bond donors (Lipinski definition) is 3. The highest BCUT2D eigenvalue weighted by Gasteiger charge is 2.47. The van der Waals surface area contributed by atoms with Crippen LogP contribution in [0.15, 0.2) is 48.6 Å². The van der Waals surface area contributed by atoms with Gasteiger partial charge in [0.1, 0.15) is 12.4 Å². The van der Waals surface area contributed by atoms with Gasteiger partial charge in [-0.05, 0) is 90.8 Å². The van der Waals surface area contributed by atoms with Crippen molar-refractivity contribution >= 4 is 29.2 Å². The van der Waals surface area contributed by atoms with Gasteiger partial charge >= 0.3 is 5.97 Å². The molecule has 42 heavy (non-hydrogen) atoms. The van der Waals surface area contributed by atoms with Gasteiger partial charge < -0.3 is 29.9 Å². The third-order valence-electron chi connectivity index (χ3n) is 9.50. The number of anilines is 1. The van der Waals surface area contributed by atoms with Crippen LogP contribution in [0.4, 0.5) is 5.69 Å². The minimum absolute atomic E-state index is 0.0995. The lowest BCUT2D eigenvalue weighted by Crippen LogP contribution is -2.51. The number of carboxylic acids is 1. The molecule has 1 fully saturated rings. The van der Waals surface area contributed by atoms with Gasteiger partial charge in [-0.2, -0.15) is 0 Å². The lowest BCUT2D eigenvalue weighted by atomic mass is 9.58. The van der Waals surface area contributed by atoms with Gasteiger partial charge in [0, 0.05) is 31.7 Å². The van der Waals surface area contributed by atoms with Crippen LogP contribution in [0.25, 0.3) is 0 Å². The van der Waals surface area contributed by atoms with Gasteiger partial charge in [0.25, 0.3) is 0 Å². The van der Waals surface area contributed by atoms with Gasteiger partial charge in [0.2, 0.25) is 5.91 Å². The number of carbonyl (C=O) groups is 2. The fourth-order valence-corrected chi connectivity index (χ4v) is 6.85. The highest BCUT2D eigenvalue weighted by Crippen LogP contribution is 2.50. The van der Waals surface area contributed by atoms with Crippen LogP contribution in [0.5, 0.6) is 5.75 Å². The van der Waals surface area contributed by atoms with E-state index in [2.05, 4.69) is 11.8 Å². The Kier molecular flexibility index (Phi) is 8.88. The number of carbonyl (C=O) groups excluding carboxylic acids is 1. The summed E-state index contributed by atoms with van der Waals surface area (Å²) in [6.07, 6.45) is 7.60. The van der Waals surface area contributed by atoms with Crippen LogP contribution >= 0.6 is 11.6 Å².